The molecule has 0 unspecified atom stereocenters. The zero-order valence-corrected chi connectivity index (χ0v) is 15.5. The predicted molar refractivity (Wildman–Crippen MR) is 89.1 cm³/mol. The molecular weight excluding hydrogens is 409 g/mol. The van der Waals surface area contributed by atoms with Gasteiger partial charge in [0.25, 0.3) is 5.24 Å². The normalized spacial score (nSPS) is 14.8. The van der Waals surface area contributed by atoms with E-state index in [1.54, 1.807) is 20.2 Å². The summed E-state index contributed by atoms with van der Waals surface area (Å²) >= 11 is 4.43. The highest BCUT2D eigenvalue weighted by molar-refractivity contribution is 9.10. The third kappa shape index (κ3) is 4.24. The maximum atomic E-state index is 12.6. The van der Waals surface area contributed by atoms with Gasteiger partial charge in [0, 0.05) is 36.6 Å². The SMILES string of the molecule is CN(C)C(=O)Sc1c(Br)ccc2c1CCN(C(=O)C(F)(F)F)CC2. The summed E-state index contributed by atoms with van der Waals surface area (Å²) in [6.45, 7) is -0.00970. The number of hydrogen-bond donors (Lipinski definition) is 0. The van der Waals surface area contributed by atoms with Gasteiger partial charge in [-0.05, 0) is 57.7 Å². The van der Waals surface area contributed by atoms with Gasteiger partial charge in [-0.15, -0.1) is 0 Å². The van der Waals surface area contributed by atoms with Crippen LogP contribution in [-0.4, -0.2) is 54.3 Å². The number of carbonyl (C=O) groups excluding carboxylic acids is 2. The van der Waals surface area contributed by atoms with Crippen molar-refractivity contribution in [3.8, 4) is 0 Å². The summed E-state index contributed by atoms with van der Waals surface area (Å²) in [7, 11) is 3.27. The van der Waals surface area contributed by atoms with Gasteiger partial charge in [-0.1, -0.05) is 6.07 Å². The molecule has 24 heavy (non-hydrogen) atoms. The number of fused-ring (bicyclic) bond motifs is 1. The Morgan fingerprint density at radius 3 is 2.42 bits per heavy atom. The third-order valence-electron chi connectivity index (χ3n) is 3.68. The molecule has 2 rings (SSSR count). The fourth-order valence-corrected chi connectivity index (χ4v) is 3.93. The minimum absolute atomic E-state index is 0.0126. The lowest BCUT2D eigenvalue weighted by molar-refractivity contribution is -0.185. The van der Waals surface area contributed by atoms with Gasteiger partial charge in [0.1, 0.15) is 0 Å². The van der Waals surface area contributed by atoms with Crippen molar-refractivity contribution in [3.05, 3.63) is 27.7 Å². The molecule has 132 valence electrons. The minimum atomic E-state index is -4.87. The zero-order chi connectivity index (χ0) is 18.1. The maximum Gasteiger partial charge on any atom is 0.471 e. The van der Waals surface area contributed by atoms with Crippen molar-refractivity contribution in [1.29, 1.82) is 0 Å². The molecule has 1 aromatic rings. The van der Waals surface area contributed by atoms with Crippen molar-refractivity contribution in [2.45, 2.75) is 23.9 Å². The number of nitrogens with zero attached hydrogens (tertiary/aromatic N) is 2. The number of rotatable bonds is 1. The number of thioether (sulfide) groups is 1. The Kier molecular flexibility index (Phi) is 5.85. The van der Waals surface area contributed by atoms with Gasteiger partial charge in [0.05, 0.1) is 0 Å². The number of carbonyl (C=O) groups is 2. The summed E-state index contributed by atoms with van der Waals surface area (Å²) in [4.78, 5) is 26.4. The molecule has 0 N–H and O–H groups in total. The average molecular weight is 425 g/mol. The summed E-state index contributed by atoms with van der Waals surface area (Å²) < 4.78 is 38.7. The van der Waals surface area contributed by atoms with Gasteiger partial charge < -0.3 is 9.80 Å². The molecule has 4 nitrogen and oxygen atoms in total. The minimum Gasteiger partial charge on any atom is -0.339 e. The second-order valence-corrected chi connectivity index (χ2v) is 7.38. The van der Waals surface area contributed by atoms with E-state index < -0.39 is 12.1 Å². The number of alkyl halides is 3. The summed E-state index contributed by atoms with van der Waals surface area (Å²) in [6.07, 6.45) is -4.26. The predicted octanol–water partition coefficient (Wildman–Crippen LogP) is 3.71. The van der Waals surface area contributed by atoms with Crippen LogP contribution in [0.15, 0.2) is 21.5 Å². The van der Waals surface area contributed by atoms with Gasteiger partial charge in [0.15, 0.2) is 0 Å². The van der Waals surface area contributed by atoms with Gasteiger partial charge in [-0.25, -0.2) is 0 Å². The van der Waals surface area contributed by atoms with Gasteiger partial charge in [0.2, 0.25) is 0 Å². The molecule has 0 bridgehead atoms. The van der Waals surface area contributed by atoms with Crippen LogP contribution in [0.1, 0.15) is 11.1 Å². The van der Waals surface area contributed by atoms with Crippen LogP contribution in [0.25, 0.3) is 0 Å². The Balaban J connectivity index is 2.28. The van der Waals surface area contributed by atoms with E-state index in [-0.39, 0.29) is 24.7 Å². The van der Waals surface area contributed by atoms with Crippen molar-refractivity contribution in [2.24, 2.45) is 0 Å². The first-order chi connectivity index (χ1) is 11.1. The molecule has 1 aromatic carbocycles. The first kappa shape index (κ1) is 19.1. The molecule has 0 saturated carbocycles. The summed E-state index contributed by atoms with van der Waals surface area (Å²) in [5.41, 5.74) is 1.69. The topological polar surface area (TPSA) is 40.6 Å². The molecule has 1 aliphatic rings. The van der Waals surface area contributed by atoms with E-state index in [4.69, 9.17) is 0 Å². The van der Waals surface area contributed by atoms with E-state index in [0.29, 0.717) is 11.3 Å². The highest BCUT2D eigenvalue weighted by Gasteiger charge is 2.42. The molecule has 9 heteroatoms. The Morgan fingerprint density at radius 1 is 1.21 bits per heavy atom. The lowest BCUT2D eigenvalue weighted by Gasteiger charge is -2.21. The summed E-state index contributed by atoms with van der Waals surface area (Å²) in [5.74, 6) is -1.81. The number of halogens is 4. The van der Waals surface area contributed by atoms with Crippen LogP contribution in [-0.2, 0) is 17.6 Å². The Hall–Kier alpha value is -1.22. The van der Waals surface area contributed by atoms with Crippen molar-refractivity contribution in [1.82, 2.24) is 9.80 Å². The van der Waals surface area contributed by atoms with E-state index in [2.05, 4.69) is 15.9 Å². The highest BCUT2D eigenvalue weighted by atomic mass is 79.9. The van der Waals surface area contributed by atoms with E-state index >= 15 is 0 Å². The van der Waals surface area contributed by atoms with Crippen molar-refractivity contribution < 1.29 is 22.8 Å². The molecule has 0 spiro atoms. The standard InChI is InChI=1S/C15H16BrF3N2O2S/c1-20(2)14(23)24-12-10-6-8-21(13(22)15(17,18)19)7-5-9(10)3-4-11(12)16/h3-4H,5-8H2,1-2H3. The number of amides is 2. The molecule has 0 fully saturated rings. The Bertz CT molecular complexity index is 665. The van der Waals surface area contributed by atoms with Crippen LogP contribution >= 0.6 is 27.7 Å². The van der Waals surface area contributed by atoms with E-state index in [1.165, 1.54) is 4.90 Å². The van der Waals surface area contributed by atoms with Crippen molar-refractivity contribution in [3.63, 3.8) is 0 Å². The molecule has 1 aliphatic heterocycles. The third-order valence-corrected chi connectivity index (χ3v) is 5.81. The van der Waals surface area contributed by atoms with Gasteiger partial charge in [-0.3, -0.25) is 9.59 Å². The second-order valence-electron chi connectivity index (χ2n) is 5.57. The molecular formula is C15H16BrF3N2O2S. The second kappa shape index (κ2) is 7.35. The fourth-order valence-electron chi connectivity index (χ4n) is 2.43. The molecule has 2 amide bonds. The Morgan fingerprint density at radius 2 is 1.83 bits per heavy atom. The van der Waals surface area contributed by atoms with Crippen molar-refractivity contribution in [2.75, 3.05) is 27.2 Å². The van der Waals surface area contributed by atoms with Crippen LogP contribution in [0.4, 0.5) is 18.0 Å². The fraction of sp³-hybridized carbons (Fsp3) is 0.467. The van der Waals surface area contributed by atoms with Crippen LogP contribution in [0.3, 0.4) is 0 Å². The van der Waals surface area contributed by atoms with E-state index in [0.717, 1.165) is 32.3 Å². The first-order valence-corrected chi connectivity index (χ1v) is 8.77. The molecule has 0 aliphatic carbocycles. The van der Waals surface area contributed by atoms with Gasteiger partial charge in [-0.2, -0.15) is 13.2 Å². The monoisotopic (exact) mass is 424 g/mol. The van der Waals surface area contributed by atoms with Crippen LogP contribution in [0.2, 0.25) is 0 Å². The van der Waals surface area contributed by atoms with Crippen LogP contribution < -0.4 is 0 Å². The van der Waals surface area contributed by atoms with Crippen LogP contribution in [0.5, 0.6) is 0 Å². The Labute approximate surface area is 150 Å². The first-order valence-electron chi connectivity index (χ1n) is 7.16. The van der Waals surface area contributed by atoms with E-state index in [9.17, 15) is 22.8 Å². The molecule has 0 saturated heterocycles. The maximum absolute atomic E-state index is 12.6. The zero-order valence-electron chi connectivity index (χ0n) is 13.1. The number of benzene rings is 1. The highest BCUT2D eigenvalue weighted by Crippen LogP contribution is 2.36. The lowest BCUT2D eigenvalue weighted by Crippen LogP contribution is -2.42. The summed E-state index contributed by atoms with van der Waals surface area (Å²) in [6, 6.07) is 3.61. The largest absolute Gasteiger partial charge is 0.471 e. The smallest absolute Gasteiger partial charge is 0.339 e. The molecule has 0 aromatic heterocycles. The van der Waals surface area contributed by atoms with Crippen molar-refractivity contribution >= 4 is 38.8 Å². The van der Waals surface area contributed by atoms with Crippen LogP contribution in [0, 0.1) is 0 Å². The molecule has 1 heterocycles. The average Bonchev–Trinajstić information content (AvgIpc) is 2.70. The molecule has 0 radical (unpaired) electrons. The number of hydrogen-bond acceptors (Lipinski definition) is 3. The molecule has 0 atom stereocenters. The summed E-state index contributed by atoms with van der Waals surface area (Å²) in [5, 5.41) is -0.170. The quantitative estimate of drug-likeness (QED) is 0.645. The van der Waals surface area contributed by atoms with Gasteiger partial charge >= 0.3 is 12.1 Å². The van der Waals surface area contributed by atoms with E-state index in [1.807, 2.05) is 6.07 Å². The lowest BCUT2D eigenvalue weighted by atomic mass is 10.0.